The van der Waals surface area contributed by atoms with E-state index < -0.39 is 6.04 Å². The van der Waals surface area contributed by atoms with Gasteiger partial charge in [-0.1, -0.05) is 23.7 Å². The molecule has 4 nitrogen and oxygen atoms in total. The van der Waals surface area contributed by atoms with Crippen molar-refractivity contribution in [2.75, 3.05) is 10.7 Å². The molecule has 0 saturated carbocycles. The molecule has 2 aliphatic rings. The fourth-order valence-corrected chi connectivity index (χ4v) is 4.54. The molecule has 4 rings (SSSR count). The van der Waals surface area contributed by atoms with Crippen LogP contribution in [0.25, 0.3) is 0 Å². The van der Waals surface area contributed by atoms with Crippen molar-refractivity contribution < 1.29 is 14.0 Å². The van der Waals surface area contributed by atoms with Crippen molar-refractivity contribution in [1.82, 2.24) is 4.90 Å². The van der Waals surface area contributed by atoms with Crippen molar-refractivity contribution in [2.24, 2.45) is 0 Å². The number of nitrogens with zero attached hydrogens (tertiary/aromatic N) is 2. The van der Waals surface area contributed by atoms with Crippen molar-refractivity contribution in [2.45, 2.75) is 11.4 Å². The molecule has 0 aromatic heterocycles. The summed E-state index contributed by atoms with van der Waals surface area (Å²) in [5.74, 6) is -0.0409. The van der Waals surface area contributed by atoms with E-state index in [1.807, 2.05) is 0 Å². The molecule has 2 atom stereocenters. The van der Waals surface area contributed by atoms with E-state index in [4.69, 9.17) is 11.6 Å². The second-order valence-corrected chi connectivity index (χ2v) is 7.14. The van der Waals surface area contributed by atoms with E-state index in [-0.39, 0.29) is 23.1 Å². The van der Waals surface area contributed by atoms with Crippen molar-refractivity contribution in [3.05, 3.63) is 64.9 Å². The molecule has 0 spiro atoms. The Balaban J connectivity index is 1.67. The fraction of sp³-hybridized carbons (Fsp3) is 0.176. The summed E-state index contributed by atoms with van der Waals surface area (Å²) in [5, 5.41) is 0.252. The molecule has 0 radical (unpaired) electrons. The molecule has 2 saturated heterocycles. The molecular weight excluding hydrogens is 351 g/mol. The highest BCUT2D eigenvalue weighted by molar-refractivity contribution is 7.99. The SMILES string of the molecule is O=C1[C@@H]2CS[C@@H](c3ccc(F)cc3)N2C(=O)N1c1ccc(Cl)cc1. The number of imide groups is 1. The first-order valence-corrected chi connectivity index (χ1v) is 8.78. The van der Waals surface area contributed by atoms with Gasteiger partial charge in [0, 0.05) is 10.8 Å². The zero-order valence-electron chi connectivity index (χ0n) is 12.4. The summed E-state index contributed by atoms with van der Waals surface area (Å²) >= 11 is 7.38. The number of hydrogen-bond acceptors (Lipinski definition) is 3. The monoisotopic (exact) mass is 362 g/mol. The second-order valence-electron chi connectivity index (χ2n) is 5.59. The largest absolute Gasteiger partial charge is 0.333 e. The van der Waals surface area contributed by atoms with E-state index in [1.54, 1.807) is 41.3 Å². The third-order valence-electron chi connectivity index (χ3n) is 4.16. The van der Waals surface area contributed by atoms with Crippen molar-refractivity contribution in [3.8, 4) is 0 Å². The number of amides is 3. The summed E-state index contributed by atoms with van der Waals surface area (Å²) in [6.45, 7) is 0. The summed E-state index contributed by atoms with van der Waals surface area (Å²) in [7, 11) is 0. The molecule has 7 heteroatoms. The summed E-state index contributed by atoms with van der Waals surface area (Å²) < 4.78 is 13.1. The molecule has 2 aromatic rings. The number of anilines is 1. The summed E-state index contributed by atoms with van der Waals surface area (Å²) in [6.07, 6.45) is 0. The standard InChI is InChI=1S/C17H12ClFN2O2S/c18-11-3-7-13(8-4-11)20-15(22)14-9-24-16(21(14)17(20)23)10-1-5-12(19)6-2-10/h1-8,14,16H,9H2/t14-,16-/m0/s1. The first-order valence-electron chi connectivity index (χ1n) is 7.35. The van der Waals surface area contributed by atoms with Crippen molar-refractivity contribution in [1.29, 1.82) is 0 Å². The molecule has 2 fully saturated rings. The molecule has 0 N–H and O–H groups in total. The van der Waals surface area contributed by atoms with Crippen LogP contribution >= 0.6 is 23.4 Å². The Morgan fingerprint density at radius 1 is 1.04 bits per heavy atom. The van der Waals surface area contributed by atoms with Crippen molar-refractivity contribution in [3.63, 3.8) is 0 Å². The lowest BCUT2D eigenvalue weighted by molar-refractivity contribution is -0.119. The molecular formula is C17H12ClFN2O2S. The van der Waals surface area contributed by atoms with Crippen LogP contribution in [0.1, 0.15) is 10.9 Å². The third kappa shape index (κ3) is 2.37. The van der Waals surface area contributed by atoms with Gasteiger partial charge in [0.25, 0.3) is 5.91 Å². The molecule has 3 amide bonds. The molecule has 2 aliphatic heterocycles. The Labute approximate surface area is 147 Å². The van der Waals surface area contributed by atoms with Gasteiger partial charge in [0.15, 0.2) is 0 Å². The molecule has 0 bridgehead atoms. The minimum atomic E-state index is -0.492. The number of hydrogen-bond donors (Lipinski definition) is 0. The maximum Gasteiger partial charge on any atom is 0.333 e. The van der Waals surface area contributed by atoms with Crippen LogP contribution in [0.5, 0.6) is 0 Å². The minimum absolute atomic E-state index is 0.237. The Morgan fingerprint density at radius 2 is 1.71 bits per heavy atom. The van der Waals surface area contributed by atoms with E-state index in [0.717, 1.165) is 5.56 Å². The van der Waals surface area contributed by atoms with Gasteiger partial charge in [0.05, 0.1) is 5.69 Å². The predicted molar refractivity (Wildman–Crippen MR) is 91.6 cm³/mol. The van der Waals surface area contributed by atoms with E-state index in [2.05, 4.69) is 0 Å². The number of carbonyl (C=O) groups excluding carboxylic acids is 2. The van der Waals surface area contributed by atoms with Gasteiger partial charge in [0.2, 0.25) is 0 Å². The number of fused-ring (bicyclic) bond motifs is 1. The maximum atomic E-state index is 13.1. The average molecular weight is 363 g/mol. The normalized spacial score (nSPS) is 23.1. The van der Waals surface area contributed by atoms with E-state index in [9.17, 15) is 14.0 Å². The summed E-state index contributed by atoms with van der Waals surface area (Å²) in [4.78, 5) is 28.3. The first kappa shape index (κ1) is 15.5. The van der Waals surface area contributed by atoms with Crippen LogP contribution < -0.4 is 4.90 Å². The van der Waals surface area contributed by atoms with Crippen LogP contribution in [0.3, 0.4) is 0 Å². The van der Waals surface area contributed by atoms with Crippen LogP contribution in [0.2, 0.25) is 5.02 Å². The number of thioether (sulfide) groups is 1. The number of benzene rings is 2. The van der Waals surface area contributed by atoms with E-state index in [1.165, 1.54) is 28.8 Å². The van der Waals surface area contributed by atoms with Gasteiger partial charge >= 0.3 is 6.03 Å². The topological polar surface area (TPSA) is 40.6 Å². The van der Waals surface area contributed by atoms with Crippen molar-refractivity contribution >= 4 is 41.0 Å². The Bertz CT molecular complexity index is 812. The first-order chi connectivity index (χ1) is 11.6. The number of halogens is 2. The molecule has 2 heterocycles. The van der Waals surface area contributed by atoms with Gasteiger partial charge in [-0.25, -0.2) is 14.1 Å². The van der Waals surface area contributed by atoms with Gasteiger partial charge in [0.1, 0.15) is 17.2 Å². The quantitative estimate of drug-likeness (QED) is 0.756. The van der Waals surface area contributed by atoms with E-state index in [0.29, 0.717) is 16.5 Å². The number of carbonyl (C=O) groups is 2. The smallest absolute Gasteiger partial charge is 0.295 e. The van der Waals surface area contributed by atoms with Crippen LogP contribution in [-0.4, -0.2) is 28.6 Å². The lowest BCUT2D eigenvalue weighted by Gasteiger charge is -2.23. The third-order valence-corrected chi connectivity index (χ3v) is 5.73. The van der Waals surface area contributed by atoms with E-state index >= 15 is 0 Å². The Morgan fingerprint density at radius 3 is 2.38 bits per heavy atom. The summed E-state index contributed by atoms with van der Waals surface area (Å²) in [5.41, 5.74) is 1.31. The number of urea groups is 1. The average Bonchev–Trinajstić information content (AvgIpc) is 3.11. The molecule has 2 aromatic carbocycles. The Kier molecular flexibility index (Phi) is 3.73. The Hall–Kier alpha value is -2.05. The maximum absolute atomic E-state index is 13.1. The zero-order valence-corrected chi connectivity index (χ0v) is 13.9. The lowest BCUT2D eigenvalue weighted by Crippen LogP contribution is -2.33. The second kappa shape index (κ2) is 5.79. The zero-order chi connectivity index (χ0) is 16.8. The minimum Gasteiger partial charge on any atom is -0.295 e. The molecule has 0 aliphatic carbocycles. The van der Waals surface area contributed by atoms with Gasteiger partial charge in [-0.15, -0.1) is 11.8 Å². The highest BCUT2D eigenvalue weighted by Crippen LogP contribution is 2.46. The lowest BCUT2D eigenvalue weighted by atomic mass is 10.2. The molecule has 24 heavy (non-hydrogen) atoms. The highest BCUT2D eigenvalue weighted by Gasteiger charge is 2.53. The van der Waals surface area contributed by atoms with Crippen LogP contribution in [-0.2, 0) is 4.79 Å². The van der Waals surface area contributed by atoms with Crippen LogP contribution in [0.4, 0.5) is 14.9 Å². The van der Waals surface area contributed by atoms with Crippen LogP contribution in [0, 0.1) is 5.82 Å². The number of rotatable bonds is 2. The van der Waals surface area contributed by atoms with Gasteiger partial charge in [-0.2, -0.15) is 0 Å². The van der Waals surface area contributed by atoms with Gasteiger partial charge in [-0.05, 0) is 42.0 Å². The summed E-state index contributed by atoms with van der Waals surface area (Å²) in [6, 6.07) is 11.8. The van der Waals surface area contributed by atoms with Gasteiger partial charge in [-0.3, -0.25) is 9.69 Å². The predicted octanol–water partition coefficient (Wildman–Crippen LogP) is 4.06. The molecule has 122 valence electrons. The molecule has 0 unspecified atom stereocenters. The van der Waals surface area contributed by atoms with Gasteiger partial charge < -0.3 is 0 Å². The highest BCUT2D eigenvalue weighted by atomic mass is 35.5. The fourth-order valence-electron chi connectivity index (χ4n) is 3.00. The van der Waals surface area contributed by atoms with Crippen LogP contribution in [0.15, 0.2) is 48.5 Å².